The van der Waals surface area contributed by atoms with Crippen molar-refractivity contribution in [2.45, 2.75) is 52.4 Å². The fraction of sp³-hybridized carbons (Fsp3) is 0.650. The van der Waals surface area contributed by atoms with Crippen molar-refractivity contribution in [2.75, 3.05) is 25.9 Å². The third-order valence-corrected chi connectivity index (χ3v) is 5.16. The van der Waals surface area contributed by atoms with Crippen LogP contribution in [0, 0.1) is 11.3 Å². The summed E-state index contributed by atoms with van der Waals surface area (Å²) in [5.41, 5.74) is 1.28. The number of benzene rings is 1. The molecule has 6 heteroatoms. The molecule has 2 N–H and O–H groups in total. The summed E-state index contributed by atoms with van der Waals surface area (Å²) in [6, 6.07) is 7.07. The number of hydrogen-bond acceptors (Lipinski definition) is 3. The molecule has 0 atom stereocenters. The van der Waals surface area contributed by atoms with E-state index in [9.17, 15) is 8.42 Å². The molecular weight excluding hydrogens is 346 g/mol. The van der Waals surface area contributed by atoms with Gasteiger partial charge in [0.2, 0.25) is 0 Å². The number of rotatable bonds is 9. The smallest absolute Gasteiger partial charge is 0.191 e. The first-order valence-electron chi connectivity index (χ1n) is 9.34. The van der Waals surface area contributed by atoms with E-state index in [1.165, 1.54) is 6.26 Å². The molecule has 0 aliphatic rings. The Morgan fingerprint density at radius 2 is 1.77 bits per heavy atom. The first kappa shape index (κ1) is 22.5. The first-order valence-corrected chi connectivity index (χ1v) is 11.2. The van der Waals surface area contributed by atoms with E-state index in [1.807, 2.05) is 12.1 Å². The predicted molar refractivity (Wildman–Crippen MR) is 110 cm³/mol. The Balaban J connectivity index is 2.59. The van der Waals surface area contributed by atoms with Crippen LogP contribution < -0.4 is 10.6 Å². The molecule has 1 rings (SSSR count). The topological polar surface area (TPSA) is 70.6 Å². The monoisotopic (exact) mass is 381 g/mol. The summed E-state index contributed by atoms with van der Waals surface area (Å²) in [6.07, 6.45) is 3.18. The van der Waals surface area contributed by atoms with Gasteiger partial charge in [0, 0.05) is 25.9 Å². The van der Waals surface area contributed by atoms with Gasteiger partial charge in [-0.15, -0.1) is 0 Å². The highest BCUT2D eigenvalue weighted by Crippen LogP contribution is 2.25. The predicted octanol–water partition coefficient (Wildman–Crippen LogP) is 3.26. The molecule has 0 aliphatic carbocycles. The van der Waals surface area contributed by atoms with Crippen molar-refractivity contribution in [2.24, 2.45) is 16.3 Å². The van der Waals surface area contributed by atoms with Crippen molar-refractivity contribution in [3.63, 3.8) is 0 Å². The fourth-order valence-corrected chi connectivity index (χ4v) is 3.66. The van der Waals surface area contributed by atoms with Gasteiger partial charge < -0.3 is 10.6 Å². The molecule has 1 aromatic rings. The lowest BCUT2D eigenvalue weighted by Crippen LogP contribution is -2.39. The summed E-state index contributed by atoms with van der Waals surface area (Å²) < 4.78 is 23.0. The van der Waals surface area contributed by atoms with Gasteiger partial charge in [0.05, 0.1) is 4.90 Å². The van der Waals surface area contributed by atoms with E-state index in [4.69, 9.17) is 4.99 Å². The molecule has 26 heavy (non-hydrogen) atoms. The van der Waals surface area contributed by atoms with Gasteiger partial charge in [-0.05, 0) is 48.8 Å². The molecule has 0 saturated carbocycles. The van der Waals surface area contributed by atoms with Crippen LogP contribution in [0.15, 0.2) is 34.2 Å². The molecule has 0 saturated heterocycles. The van der Waals surface area contributed by atoms with Gasteiger partial charge in [0.15, 0.2) is 15.8 Å². The van der Waals surface area contributed by atoms with Crippen LogP contribution in [0.5, 0.6) is 0 Å². The van der Waals surface area contributed by atoms with E-state index in [0.29, 0.717) is 10.8 Å². The maximum atomic E-state index is 11.5. The minimum absolute atomic E-state index is 0.179. The normalized spacial score (nSPS) is 13.1. The summed E-state index contributed by atoms with van der Waals surface area (Å²) in [5.74, 6) is 1.49. The summed E-state index contributed by atoms with van der Waals surface area (Å²) in [5, 5.41) is 6.64. The van der Waals surface area contributed by atoms with Gasteiger partial charge in [0.25, 0.3) is 0 Å². The summed E-state index contributed by atoms with van der Waals surface area (Å²) in [4.78, 5) is 5.09. The largest absolute Gasteiger partial charge is 0.357 e. The quantitative estimate of drug-likeness (QED) is 0.509. The molecule has 0 unspecified atom stereocenters. The minimum Gasteiger partial charge on any atom is -0.357 e. The molecule has 0 fully saturated rings. The highest BCUT2D eigenvalue weighted by molar-refractivity contribution is 7.90. The molecule has 5 nitrogen and oxygen atoms in total. The van der Waals surface area contributed by atoms with Gasteiger partial charge >= 0.3 is 0 Å². The second kappa shape index (κ2) is 9.95. The lowest BCUT2D eigenvalue weighted by Gasteiger charge is -2.25. The number of hydrogen-bond donors (Lipinski definition) is 2. The highest BCUT2D eigenvalue weighted by atomic mass is 32.2. The molecule has 0 radical (unpaired) electrons. The molecule has 0 heterocycles. The van der Waals surface area contributed by atoms with Crippen LogP contribution in [0.2, 0.25) is 0 Å². The van der Waals surface area contributed by atoms with Gasteiger partial charge in [-0.1, -0.05) is 39.8 Å². The highest BCUT2D eigenvalue weighted by Gasteiger charge is 2.19. The van der Waals surface area contributed by atoms with E-state index in [-0.39, 0.29) is 5.41 Å². The third kappa shape index (κ3) is 8.70. The van der Waals surface area contributed by atoms with Crippen LogP contribution in [-0.4, -0.2) is 40.3 Å². The molecule has 148 valence electrons. The Kier molecular flexibility index (Phi) is 8.60. The first-order chi connectivity index (χ1) is 12.0. The number of nitrogens with one attached hydrogen (secondary N) is 2. The Hall–Kier alpha value is -1.56. The van der Waals surface area contributed by atoms with E-state index in [1.54, 1.807) is 12.1 Å². The van der Waals surface area contributed by atoms with Crippen molar-refractivity contribution in [3.8, 4) is 0 Å². The second-order valence-electron chi connectivity index (χ2n) is 8.05. The fourth-order valence-electron chi connectivity index (χ4n) is 3.03. The Labute approximate surface area is 159 Å². The zero-order valence-electron chi connectivity index (χ0n) is 17.1. The molecule has 0 aliphatic heterocycles. The van der Waals surface area contributed by atoms with E-state index in [2.05, 4.69) is 45.3 Å². The van der Waals surface area contributed by atoms with Gasteiger partial charge in [-0.25, -0.2) is 8.42 Å². The summed E-state index contributed by atoms with van der Waals surface area (Å²) in [7, 11) is -3.14. The Bertz CT molecular complexity index is 678. The lowest BCUT2D eigenvalue weighted by molar-refractivity contribution is 0.298. The van der Waals surface area contributed by atoms with Crippen LogP contribution in [0.4, 0.5) is 0 Å². The molecule has 0 amide bonds. The third-order valence-electron chi connectivity index (χ3n) is 4.03. The van der Waals surface area contributed by atoms with Crippen LogP contribution >= 0.6 is 0 Å². The van der Waals surface area contributed by atoms with Crippen LogP contribution in [-0.2, 0) is 16.3 Å². The second-order valence-corrected chi connectivity index (χ2v) is 10.1. The maximum absolute atomic E-state index is 11.5. The van der Waals surface area contributed by atoms with Crippen molar-refractivity contribution in [1.82, 2.24) is 10.6 Å². The Morgan fingerprint density at radius 1 is 1.15 bits per heavy atom. The Morgan fingerprint density at radius 3 is 2.27 bits per heavy atom. The molecule has 0 aromatic heterocycles. The number of nitrogens with zero attached hydrogens (tertiary/aromatic N) is 1. The van der Waals surface area contributed by atoms with E-state index >= 15 is 0 Å². The number of aliphatic imine (C=N–C) groups is 1. The average Bonchev–Trinajstić information content (AvgIpc) is 2.51. The molecule has 0 bridgehead atoms. The number of sulfone groups is 1. The zero-order valence-corrected chi connectivity index (χ0v) is 17.9. The zero-order chi connectivity index (χ0) is 19.8. The van der Waals surface area contributed by atoms with Crippen LogP contribution in [0.25, 0.3) is 0 Å². The van der Waals surface area contributed by atoms with Crippen molar-refractivity contribution in [3.05, 3.63) is 29.8 Å². The van der Waals surface area contributed by atoms with E-state index < -0.39 is 9.84 Å². The van der Waals surface area contributed by atoms with Crippen molar-refractivity contribution in [1.29, 1.82) is 0 Å². The SMILES string of the molecule is CCNC(=NCC(C)(C)CC(C)C)NCCc1ccc(S(C)(=O)=O)cc1. The van der Waals surface area contributed by atoms with Gasteiger partial charge in [0.1, 0.15) is 0 Å². The molecular formula is C20H35N3O2S. The van der Waals surface area contributed by atoms with Gasteiger partial charge in [-0.2, -0.15) is 0 Å². The summed E-state index contributed by atoms with van der Waals surface area (Å²) >= 11 is 0. The molecule has 0 spiro atoms. The average molecular weight is 382 g/mol. The van der Waals surface area contributed by atoms with E-state index in [0.717, 1.165) is 44.0 Å². The number of guanidine groups is 1. The standard InChI is InChI=1S/C20H35N3O2S/c1-7-21-19(23-15-20(4,5)14-16(2)3)22-13-12-17-8-10-18(11-9-17)26(6,24)25/h8-11,16H,7,12-15H2,1-6H3,(H2,21,22,23). The van der Waals surface area contributed by atoms with Crippen molar-refractivity contribution < 1.29 is 8.42 Å². The molecule has 1 aromatic carbocycles. The minimum atomic E-state index is -3.14. The van der Waals surface area contributed by atoms with Crippen LogP contribution in [0.1, 0.15) is 46.6 Å². The maximum Gasteiger partial charge on any atom is 0.191 e. The van der Waals surface area contributed by atoms with Crippen LogP contribution in [0.3, 0.4) is 0 Å². The van der Waals surface area contributed by atoms with Crippen molar-refractivity contribution >= 4 is 15.8 Å². The lowest BCUT2D eigenvalue weighted by atomic mass is 9.84. The van der Waals surface area contributed by atoms with Gasteiger partial charge in [-0.3, -0.25) is 4.99 Å². The summed E-state index contributed by atoms with van der Waals surface area (Å²) in [6.45, 7) is 13.4.